The Hall–Kier alpha value is -0.460. The second-order valence-corrected chi connectivity index (χ2v) is 3.61. The van der Waals surface area contributed by atoms with Gasteiger partial charge in [-0.25, -0.2) is 4.68 Å². The van der Waals surface area contributed by atoms with Crippen molar-refractivity contribution in [3.8, 4) is 0 Å². The summed E-state index contributed by atoms with van der Waals surface area (Å²) in [6.07, 6.45) is -4.65. The summed E-state index contributed by atoms with van der Waals surface area (Å²) in [5.41, 5.74) is -2.80. The third-order valence-corrected chi connectivity index (χ3v) is 2.37. The van der Waals surface area contributed by atoms with Gasteiger partial charge in [0.05, 0.1) is 0 Å². The molecule has 0 aliphatic heterocycles. The van der Waals surface area contributed by atoms with E-state index >= 15 is 0 Å². The molecular formula is C6H2Cl3F3N2O. The average molecular weight is 281 g/mol. The van der Waals surface area contributed by atoms with Crippen molar-refractivity contribution in [2.24, 2.45) is 0 Å². The molecule has 15 heavy (non-hydrogen) atoms. The van der Waals surface area contributed by atoms with Gasteiger partial charge < -0.3 is 0 Å². The van der Waals surface area contributed by atoms with E-state index in [4.69, 9.17) is 34.8 Å². The van der Waals surface area contributed by atoms with Gasteiger partial charge in [0.2, 0.25) is 0 Å². The molecule has 0 spiro atoms. The topological polar surface area (TPSA) is 34.9 Å². The molecular weight excluding hydrogens is 279 g/mol. The number of nitrogens with zero attached hydrogens (tertiary/aromatic N) is 2. The van der Waals surface area contributed by atoms with Gasteiger partial charge in [0.1, 0.15) is 5.15 Å². The Morgan fingerprint density at radius 3 is 2.40 bits per heavy atom. The zero-order valence-electron chi connectivity index (χ0n) is 6.73. The molecule has 84 valence electrons. The molecule has 1 aromatic rings. The maximum atomic E-state index is 12.2. The normalized spacial score (nSPS) is 14.0. The van der Waals surface area contributed by atoms with E-state index in [9.17, 15) is 18.0 Å². The molecule has 0 radical (unpaired) electrons. The van der Waals surface area contributed by atoms with Crippen LogP contribution in [0.1, 0.15) is 11.2 Å². The lowest BCUT2D eigenvalue weighted by atomic mass is 10.4. The Labute approximate surface area is 96.7 Å². The average Bonchev–Trinajstić information content (AvgIpc) is 2.45. The largest absolute Gasteiger partial charge is 0.435 e. The summed E-state index contributed by atoms with van der Waals surface area (Å²) in [6.45, 7) is 0. The van der Waals surface area contributed by atoms with Crippen LogP contribution < -0.4 is 0 Å². The van der Waals surface area contributed by atoms with E-state index in [1.807, 2.05) is 0 Å². The number of hydrogen-bond acceptors (Lipinski definition) is 2. The lowest BCUT2D eigenvalue weighted by Crippen LogP contribution is -2.13. The number of carbonyl (C=O) groups is 1. The number of rotatable bonds is 2. The second-order valence-electron chi connectivity index (χ2n) is 2.43. The summed E-state index contributed by atoms with van der Waals surface area (Å²) in [5, 5.41) is 1.53. The van der Waals surface area contributed by atoms with Crippen LogP contribution in [0.25, 0.3) is 0 Å². The molecule has 1 rings (SSSR count). The van der Waals surface area contributed by atoms with E-state index in [0.717, 1.165) is 0 Å². The number of carbonyl (C=O) groups excluding carboxylic acids is 1. The lowest BCUT2D eigenvalue weighted by molar-refractivity contribution is -0.141. The van der Waals surface area contributed by atoms with E-state index in [1.165, 1.54) is 0 Å². The molecule has 1 atom stereocenters. The summed E-state index contributed by atoms with van der Waals surface area (Å²) < 4.78 is 36.9. The fraction of sp³-hybridized carbons (Fsp3) is 0.333. The summed E-state index contributed by atoms with van der Waals surface area (Å²) >= 11 is 15.8. The van der Waals surface area contributed by atoms with Crippen LogP contribution in [-0.4, -0.2) is 15.0 Å². The summed E-state index contributed by atoms with van der Waals surface area (Å²) in [6, 6.07) is 0.552. The van der Waals surface area contributed by atoms with Crippen LogP contribution >= 0.6 is 34.8 Å². The first kappa shape index (κ1) is 12.6. The van der Waals surface area contributed by atoms with Gasteiger partial charge in [0.25, 0.3) is 5.24 Å². The minimum Gasteiger partial charge on any atom is -0.277 e. The monoisotopic (exact) mass is 280 g/mol. The molecule has 0 bridgehead atoms. The highest BCUT2D eigenvalue weighted by atomic mass is 35.5. The van der Waals surface area contributed by atoms with Gasteiger partial charge in [0.15, 0.2) is 11.2 Å². The first-order valence-corrected chi connectivity index (χ1v) is 4.58. The van der Waals surface area contributed by atoms with Gasteiger partial charge >= 0.3 is 6.18 Å². The summed E-state index contributed by atoms with van der Waals surface area (Å²) in [5.74, 6) is 0. The standard InChI is InChI=1S/C6H2Cl3F3N2O/c7-3-1-2(6(10,11)12)13-14(3)4(8)5(9)15/h1,4H. The molecule has 1 unspecified atom stereocenters. The van der Waals surface area contributed by atoms with Crippen molar-refractivity contribution in [3.63, 3.8) is 0 Å². The van der Waals surface area contributed by atoms with Crippen molar-refractivity contribution in [1.82, 2.24) is 9.78 Å². The van der Waals surface area contributed by atoms with Crippen molar-refractivity contribution in [2.75, 3.05) is 0 Å². The molecule has 0 N–H and O–H groups in total. The highest BCUT2D eigenvalue weighted by Gasteiger charge is 2.36. The predicted molar refractivity (Wildman–Crippen MR) is 48.0 cm³/mol. The molecule has 0 aromatic carbocycles. The van der Waals surface area contributed by atoms with E-state index in [1.54, 1.807) is 0 Å². The van der Waals surface area contributed by atoms with Crippen LogP contribution in [0.5, 0.6) is 0 Å². The Balaban J connectivity index is 3.12. The van der Waals surface area contributed by atoms with E-state index in [-0.39, 0.29) is 0 Å². The number of alkyl halides is 4. The molecule has 0 aliphatic carbocycles. The van der Waals surface area contributed by atoms with Gasteiger partial charge in [0, 0.05) is 6.07 Å². The van der Waals surface area contributed by atoms with Gasteiger partial charge in [-0.2, -0.15) is 18.3 Å². The van der Waals surface area contributed by atoms with Crippen LogP contribution in [-0.2, 0) is 11.0 Å². The minimum absolute atomic E-state index is 0.420. The Kier molecular flexibility index (Phi) is 3.52. The zero-order valence-corrected chi connectivity index (χ0v) is 8.99. The second kappa shape index (κ2) is 4.19. The van der Waals surface area contributed by atoms with Crippen molar-refractivity contribution >= 4 is 40.0 Å². The molecule has 0 aliphatic rings. The minimum atomic E-state index is -4.65. The molecule has 0 saturated heterocycles. The van der Waals surface area contributed by atoms with Crippen molar-refractivity contribution in [3.05, 3.63) is 16.9 Å². The predicted octanol–water partition coefficient (Wildman–Crippen LogP) is 3.06. The summed E-state index contributed by atoms with van der Waals surface area (Å²) in [7, 11) is 0. The molecule has 0 saturated carbocycles. The van der Waals surface area contributed by atoms with E-state index in [0.29, 0.717) is 10.7 Å². The first-order valence-electron chi connectivity index (χ1n) is 3.39. The molecule has 9 heteroatoms. The van der Waals surface area contributed by atoms with Gasteiger partial charge in [-0.15, -0.1) is 0 Å². The van der Waals surface area contributed by atoms with Crippen LogP contribution in [0, 0.1) is 0 Å². The maximum absolute atomic E-state index is 12.2. The Bertz CT molecular complexity index is 389. The van der Waals surface area contributed by atoms with Gasteiger partial charge in [-0.05, 0) is 11.6 Å². The van der Waals surface area contributed by atoms with Crippen molar-refractivity contribution < 1.29 is 18.0 Å². The molecule has 0 fully saturated rings. The lowest BCUT2D eigenvalue weighted by Gasteiger charge is -2.05. The molecule has 3 nitrogen and oxygen atoms in total. The quantitative estimate of drug-likeness (QED) is 0.617. The van der Waals surface area contributed by atoms with E-state index < -0.39 is 27.8 Å². The highest BCUT2D eigenvalue weighted by Crippen LogP contribution is 2.32. The Morgan fingerprint density at radius 1 is 1.53 bits per heavy atom. The molecule has 1 heterocycles. The fourth-order valence-electron chi connectivity index (χ4n) is 0.765. The van der Waals surface area contributed by atoms with Crippen LogP contribution in [0.3, 0.4) is 0 Å². The number of halogens is 6. The fourth-order valence-corrected chi connectivity index (χ4v) is 1.30. The first-order chi connectivity index (χ1) is 6.73. The van der Waals surface area contributed by atoms with Gasteiger partial charge in [-0.3, -0.25) is 4.79 Å². The summed E-state index contributed by atoms with van der Waals surface area (Å²) in [4.78, 5) is 10.6. The van der Waals surface area contributed by atoms with Crippen molar-refractivity contribution in [2.45, 2.75) is 11.7 Å². The smallest absolute Gasteiger partial charge is 0.277 e. The maximum Gasteiger partial charge on any atom is 0.435 e. The third-order valence-electron chi connectivity index (χ3n) is 1.38. The molecule has 1 aromatic heterocycles. The SMILES string of the molecule is O=C(Cl)C(Cl)n1nc(C(F)(F)F)cc1Cl. The van der Waals surface area contributed by atoms with Gasteiger partial charge in [-0.1, -0.05) is 23.2 Å². The van der Waals surface area contributed by atoms with Crippen LogP contribution in [0.4, 0.5) is 13.2 Å². The van der Waals surface area contributed by atoms with E-state index in [2.05, 4.69) is 5.10 Å². The third kappa shape index (κ3) is 2.76. The van der Waals surface area contributed by atoms with Crippen molar-refractivity contribution in [1.29, 1.82) is 0 Å². The number of aromatic nitrogens is 2. The number of hydrogen-bond donors (Lipinski definition) is 0. The van der Waals surface area contributed by atoms with Crippen LogP contribution in [0.15, 0.2) is 6.07 Å². The zero-order chi connectivity index (χ0) is 11.8. The molecule has 0 amide bonds. The Morgan fingerprint density at radius 2 is 2.07 bits per heavy atom. The highest BCUT2D eigenvalue weighted by molar-refractivity contribution is 6.68. The van der Waals surface area contributed by atoms with Crippen LogP contribution in [0.2, 0.25) is 5.15 Å².